The Morgan fingerprint density at radius 3 is 2.42 bits per heavy atom. The molecule has 0 atom stereocenters. The minimum Gasteiger partial charge on any atom is -0.351 e. The Morgan fingerprint density at radius 1 is 1.09 bits per heavy atom. The second-order valence-corrected chi connectivity index (χ2v) is 8.60. The maximum atomic E-state index is 13.1. The summed E-state index contributed by atoms with van der Waals surface area (Å²) in [5.74, 6) is -0.518. The number of alkyl halides is 3. The first-order chi connectivity index (χ1) is 15.6. The fourth-order valence-electron chi connectivity index (χ4n) is 2.81. The van der Waals surface area contributed by atoms with Crippen molar-refractivity contribution in [3.05, 3.63) is 78.0 Å². The number of hydrogen-bond donors (Lipinski definition) is 1. The van der Waals surface area contributed by atoms with Gasteiger partial charge in [-0.3, -0.25) is 9.78 Å². The fraction of sp³-hybridized carbons (Fsp3) is 0.261. The van der Waals surface area contributed by atoms with E-state index in [1.807, 2.05) is 18.2 Å². The topological polar surface area (TPSA) is 58.1 Å². The molecule has 0 saturated carbocycles. The number of carbonyl (C=O) groups excluding carboxylic acids is 1. The lowest BCUT2D eigenvalue weighted by Crippen LogP contribution is -2.36. The van der Waals surface area contributed by atoms with Crippen LogP contribution in [0.1, 0.15) is 25.1 Å². The molecule has 174 valence electrons. The van der Waals surface area contributed by atoms with Crippen molar-refractivity contribution >= 4 is 17.9 Å². The maximum absolute atomic E-state index is 13.1. The Hall–Kier alpha value is -2.98. The zero-order valence-electron chi connectivity index (χ0n) is 17.9. The van der Waals surface area contributed by atoms with Crippen LogP contribution in [-0.4, -0.2) is 32.8 Å². The van der Waals surface area contributed by atoms with Crippen LogP contribution in [-0.2, 0) is 17.5 Å². The predicted octanol–water partition coefficient (Wildman–Crippen LogP) is 5.34. The average Bonchev–Trinajstić information content (AvgIpc) is 2.78. The number of aromatic nitrogens is 2. The minimum absolute atomic E-state index is 0.0624. The Balaban J connectivity index is 1.59. The first-order valence-corrected chi connectivity index (χ1v) is 10.8. The summed E-state index contributed by atoms with van der Waals surface area (Å²) in [6.45, 7) is 4.29. The van der Waals surface area contributed by atoms with Gasteiger partial charge < -0.3 is 5.32 Å². The van der Waals surface area contributed by atoms with Gasteiger partial charge in [0, 0.05) is 23.0 Å². The fourth-order valence-corrected chi connectivity index (χ4v) is 3.73. The van der Waals surface area contributed by atoms with Gasteiger partial charge in [0.25, 0.3) is 0 Å². The predicted molar refractivity (Wildman–Crippen MR) is 118 cm³/mol. The molecule has 1 aromatic heterocycles. The van der Waals surface area contributed by atoms with Crippen LogP contribution in [0.4, 0.5) is 17.6 Å². The molecule has 0 unspecified atom stereocenters. The number of halogens is 4. The van der Waals surface area contributed by atoms with E-state index in [1.165, 1.54) is 24.1 Å². The Labute approximate surface area is 193 Å². The van der Waals surface area contributed by atoms with E-state index in [-0.39, 0.29) is 30.9 Å². The number of carbonyl (C=O) groups is 1. The van der Waals surface area contributed by atoms with Gasteiger partial charge in [-0.15, -0.1) is 0 Å². The van der Waals surface area contributed by atoms with Crippen LogP contribution in [0.2, 0.25) is 0 Å². The summed E-state index contributed by atoms with van der Waals surface area (Å²) in [6, 6.07) is 13.1. The van der Waals surface area contributed by atoms with Gasteiger partial charge in [-0.2, -0.15) is 13.2 Å². The van der Waals surface area contributed by atoms with Crippen LogP contribution >= 0.6 is 11.9 Å². The summed E-state index contributed by atoms with van der Waals surface area (Å²) >= 11 is 1.37. The molecule has 0 aliphatic rings. The Kier molecular flexibility index (Phi) is 8.04. The van der Waals surface area contributed by atoms with Crippen molar-refractivity contribution in [3.63, 3.8) is 0 Å². The lowest BCUT2D eigenvalue weighted by Gasteiger charge is -2.24. The van der Waals surface area contributed by atoms with Crippen LogP contribution in [0.25, 0.3) is 11.3 Å². The minimum atomic E-state index is -4.55. The van der Waals surface area contributed by atoms with Gasteiger partial charge in [-0.05, 0) is 61.7 Å². The molecule has 1 N–H and O–H groups in total. The van der Waals surface area contributed by atoms with E-state index in [4.69, 9.17) is 0 Å². The molecule has 3 aromatic rings. The molecule has 0 bridgehead atoms. The number of nitrogens with one attached hydrogen (secondary N) is 1. The van der Waals surface area contributed by atoms with Gasteiger partial charge in [-0.25, -0.2) is 13.7 Å². The molecule has 1 heterocycles. The molecule has 0 fully saturated rings. The molecule has 10 heteroatoms. The summed E-state index contributed by atoms with van der Waals surface area (Å²) in [4.78, 5) is 20.6. The first kappa shape index (κ1) is 24.7. The van der Waals surface area contributed by atoms with E-state index in [9.17, 15) is 22.4 Å². The van der Waals surface area contributed by atoms with Gasteiger partial charge in [0.15, 0.2) is 5.69 Å². The van der Waals surface area contributed by atoms with E-state index in [2.05, 4.69) is 15.3 Å². The summed E-state index contributed by atoms with van der Waals surface area (Å²) in [5, 5.41) is 2.85. The van der Waals surface area contributed by atoms with Crippen molar-refractivity contribution in [2.24, 2.45) is 0 Å². The van der Waals surface area contributed by atoms with Gasteiger partial charge in [0.05, 0.1) is 24.6 Å². The highest BCUT2D eigenvalue weighted by Crippen LogP contribution is 2.28. The zero-order chi connectivity index (χ0) is 24.0. The van der Waals surface area contributed by atoms with Crippen molar-refractivity contribution < 1.29 is 22.4 Å². The third-order valence-electron chi connectivity index (χ3n) is 4.57. The molecule has 0 aliphatic carbocycles. The molecule has 0 aliphatic heterocycles. The van der Waals surface area contributed by atoms with Crippen LogP contribution < -0.4 is 5.32 Å². The van der Waals surface area contributed by atoms with E-state index in [0.29, 0.717) is 17.5 Å². The highest BCUT2D eigenvalue weighted by atomic mass is 32.2. The lowest BCUT2D eigenvalue weighted by molar-refractivity contribution is -0.141. The van der Waals surface area contributed by atoms with Crippen LogP contribution in [0, 0.1) is 5.82 Å². The molecule has 5 nitrogen and oxygen atoms in total. The smallest absolute Gasteiger partial charge is 0.351 e. The number of rotatable bonds is 8. The molecular weight excluding hydrogens is 456 g/mol. The van der Waals surface area contributed by atoms with E-state index in [1.54, 1.807) is 36.4 Å². The quantitative estimate of drug-likeness (QED) is 0.350. The van der Waals surface area contributed by atoms with Crippen LogP contribution in [0.3, 0.4) is 0 Å². The molecular formula is C23H22F4N4OS. The first-order valence-electron chi connectivity index (χ1n) is 10.1. The van der Waals surface area contributed by atoms with Crippen molar-refractivity contribution in [3.8, 4) is 11.3 Å². The van der Waals surface area contributed by atoms with E-state index < -0.39 is 11.9 Å². The standard InChI is InChI=1S/C23H22F4N4OS/c1-15(2)31(33-19-8-6-18(24)7-9-19)14-22(32)30-11-16-4-3-5-17(10-16)20-12-29-21(13-28-20)23(25,26)27/h3-10,12-13,15H,11,14H2,1-2H3,(H,30,32). The van der Waals surface area contributed by atoms with Crippen molar-refractivity contribution in [1.29, 1.82) is 0 Å². The highest BCUT2D eigenvalue weighted by molar-refractivity contribution is 7.97. The van der Waals surface area contributed by atoms with Gasteiger partial charge in [-0.1, -0.05) is 18.2 Å². The number of hydrogen-bond acceptors (Lipinski definition) is 5. The largest absolute Gasteiger partial charge is 0.434 e. The molecule has 0 spiro atoms. The third kappa shape index (κ3) is 7.26. The molecule has 0 radical (unpaired) electrons. The van der Waals surface area contributed by atoms with Crippen molar-refractivity contribution in [1.82, 2.24) is 19.6 Å². The third-order valence-corrected chi connectivity index (χ3v) is 5.83. The Bertz CT molecular complexity index is 1070. The number of nitrogens with zero attached hydrogens (tertiary/aromatic N) is 3. The molecule has 3 rings (SSSR count). The van der Waals surface area contributed by atoms with Crippen molar-refractivity contribution in [2.45, 2.75) is 37.5 Å². The molecule has 1 amide bonds. The van der Waals surface area contributed by atoms with Gasteiger partial charge in [0.1, 0.15) is 5.82 Å². The van der Waals surface area contributed by atoms with Crippen LogP contribution in [0.15, 0.2) is 65.8 Å². The molecule has 2 aromatic carbocycles. The summed E-state index contributed by atoms with van der Waals surface area (Å²) < 4.78 is 53.0. The number of benzene rings is 2. The van der Waals surface area contributed by atoms with Crippen molar-refractivity contribution in [2.75, 3.05) is 6.54 Å². The van der Waals surface area contributed by atoms with Gasteiger partial charge >= 0.3 is 6.18 Å². The van der Waals surface area contributed by atoms with E-state index >= 15 is 0 Å². The SMILES string of the molecule is CC(C)N(CC(=O)NCc1cccc(-c2cnc(C(F)(F)F)cn2)c1)Sc1ccc(F)cc1. The Morgan fingerprint density at radius 2 is 1.82 bits per heavy atom. The zero-order valence-corrected chi connectivity index (χ0v) is 18.8. The number of amides is 1. The second kappa shape index (κ2) is 10.8. The monoisotopic (exact) mass is 478 g/mol. The highest BCUT2D eigenvalue weighted by Gasteiger charge is 2.32. The molecule has 33 heavy (non-hydrogen) atoms. The summed E-state index contributed by atoms with van der Waals surface area (Å²) in [7, 11) is 0. The van der Waals surface area contributed by atoms with Crippen LogP contribution in [0.5, 0.6) is 0 Å². The lowest BCUT2D eigenvalue weighted by atomic mass is 10.1. The maximum Gasteiger partial charge on any atom is 0.434 e. The summed E-state index contributed by atoms with van der Waals surface area (Å²) in [5.41, 5.74) is 0.615. The van der Waals surface area contributed by atoms with E-state index in [0.717, 1.165) is 16.7 Å². The van der Waals surface area contributed by atoms with Gasteiger partial charge in [0.2, 0.25) is 5.91 Å². The average molecular weight is 479 g/mol. The molecule has 0 saturated heterocycles. The normalized spacial score (nSPS) is 11.8. The summed E-state index contributed by atoms with van der Waals surface area (Å²) in [6.07, 6.45) is -2.77. The second-order valence-electron chi connectivity index (χ2n) is 7.48.